The van der Waals surface area contributed by atoms with Crippen LogP contribution >= 0.6 is 23.6 Å². The Morgan fingerprint density at radius 1 is 1.44 bits per heavy atom. The van der Waals surface area contributed by atoms with Crippen LogP contribution in [0.5, 0.6) is 10.8 Å². The molecule has 2 aromatic rings. The second kappa shape index (κ2) is 7.03. The number of thiophene rings is 1. The van der Waals surface area contributed by atoms with Crippen LogP contribution in [-0.4, -0.2) is 45.0 Å². The lowest BCUT2D eigenvalue weighted by Gasteiger charge is -2.35. The maximum Gasteiger partial charge on any atom is 0.272 e. The minimum absolute atomic E-state index is 0.185. The highest BCUT2D eigenvalue weighted by Gasteiger charge is 2.30. The number of aliphatic hydroxyl groups is 1. The lowest BCUT2D eigenvalue weighted by molar-refractivity contribution is 0.00550. The molecule has 8 heteroatoms. The highest BCUT2D eigenvalue weighted by molar-refractivity contribution is 7.81. The standard InChI is InChI=1S/C19H19N3O3S2/c1-10-14-4-2-11(6-20)17(26)16(14)19(27-10)25-13-3-5-15(21-7-13)18(24)22-8-12(23)9-22/h3,5-7,12,23H,2,4,8-9,20H2,1H3. The molecule has 0 atom stereocenters. The van der Waals surface area contributed by atoms with Crippen molar-refractivity contribution in [3.8, 4) is 10.8 Å². The van der Waals surface area contributed by atoms with E-state index in [1.165, 1.54) is 16.6 Å². The normalized spacial score (nSPS) is 18.4. The fourth-order valence-electron chi connectivity index (χ4n) is 3.30. The Bertz CT molecular complexity index is 944. The number of pyridine rings is 1. The van der Waals surface area contributed by atoms with Crippen molar-refractivity contribution in [1.82, 2.24) is 9.88 Å². The third-order valence-electron chi connectivity index (χ3n) is 4.86. The first-order valence-corrected chi connectivity index (χ1v) is 9.89. The molecule has 0 bridgehead atoms. The molecule has 1 fully saturated rings. The van der Waals surface area contributed by atoms with Crippen LogP contribution in [0.2, 0.25) is 0 Å². The molecule has 0 aromatic carbocycles. The monoisotopic (exact) mass is 401 g/mol. The Balaban J connectivity index is 1.55. The number of allylic oxidation sites excluding steroid dienone is 1. The highest BCUT2D eigenvalue weighted by Crippen LogP contribution is 2.43. The molecule has 1 amide bonds. The van der Waals surface area contributed by atoms with Gasteiger partial charge in [0.05, 0.1) is 22.7 Å². The van der Waals surface area contributed by atoms with Gasteiger partial charge in [0.25, 0.3) is 5.91 Å². The van der Waals surface area contributed by atoms with Gasteiger partial charge in [-0.05, 0) is 49.2 Å². The SMILES string of the molecule is Cc1sc(Oc2ccc(C(=O)N3CC(O)C3)nc2)c2c1CCC(=CN)C2=S. The van der Waals surface area contributed by atoms with Gasteiger partial charge < -0.3 is 20.5 Å². The molecule has 6 nitrogen and oxygen atoms in total. The van der Waals surface area contributed by atoms with Gasteiger partial charge in [-0.1, -0.05) is 12.2 Å². The molecule has 140 valence electrons. The van der Waals surface area contributed by atoms with E-state index in [0.717, 1.165) is 33.9 Å². The Labute approximate surface area is 166 Å². The van der Waals surface area contributed by atoms with Crippen LogP contribution in [0.3, 0.4) is 0 Å². The number of carbonyl (C=O) groups excluding carboxylic acids is 1. The van der Waals surface area contributed by atoms with Crippen molar-refractivity contribution in [2.45, 2.75) is 25.9 Å². The summed E-state index contributed by atoms with van der Waals surface area (Å²) in [7, 11) is 0. The number of hydrogen-bond acceptors (Lipinski definition) is 7. The largest absolute Gasteiger partial charge is 0.444 e. The van der Waals surface area contributed by atoms with Gasteiger partial charge in [-0.3, -0.25) is 4.79 Å². The number of aliphatic hydroxyl groups excluding tert-OH is 1. The minimum atomic E-state index is -0.430. The van der Waals surface area contributed by atoms with Gasteiger partial charge in [-0.25, -0.2) is 4.98 Å². The molecule has 0 saturated carbocycles. The first kappa shape index (κ1) is 18.1. The van der Waals surface area contributed by atoms with Crippen LogP contribution < -0.4 is 10.5 Å². The van der Waals surface area contributed by atoms with E-state index in [9.17, 15) is 9.90 Å². The predicted molar refractivity (Wildman–Crippen MR) is 108 cm³/mol. The predicted octanol–water partition coefficient (Wildman–Crippen LogP) is 2.57. The van der Waals surface area contributed by atoms with Gasteiger partial charge in [0.15, 0.2) is 5.06 Å². The fraction of sp³-hybridized carbons (Fsp3) is 0.316. The number of carbonyl (C=O) groups is 1. The van der Waals surface area contributed by atoms with E-state index in [1.54, 1.807) is 34.6 Å². The number of nitrogens with two attached hydrogens (primary N) is 1. The first-order valence-electron chi connectivity index (χ1n) is 8.67. The Hall–Kier alpha value is -2.29. The number of nitrogens with zero attached hydrogens (tertiary/aromatic N) is 2. The quantitative estimate of drug-likeness (QED) is 0.607. The lowest BCUT2D eigenvalue weighted by atomic mass is 9.90. The van der Waals surface area contributed by atoms with E-state index in [0.29, 0.717) is 24.5 Å². The van der Waals surface area contributed by atoms with Crippen LogP contribution in [0.15, 0.2) is 30.1 Å². The summed E-state index contributed by atoms with van der Waals surface area (Å²) >= 11 is 7.16. The summed E-state index contributed by atoms with van der Waals surface area (Å²) in [5.41, 5.74) is 9.18. The fourth-order valence-corrected chi connectivity index (χ4v) is 4.82. The molecule has 3 N–H and O–H groups in total. The van der Waals surface area contributed by atoms with Gasteiger partial charge in [0.2, 0.25) is 0 Å². The summed E-state index contributed by atoms with van der Waals surface area (Å²) < 4.78 is 6.05. The molecule has 1 saturated heterocycles. The van der Waals surface area contributed by atoms with Crippen LogP contribution in [0.1, 0.15) is 32.9 Å². The Morgan fingerprint density at radius 3 is 2.85 bits per heavy atom. The molecule has 1 aliphatic heterocycles. The van der Waals surface area contributed by atoms with Gasteiger partial charge in [-0.15, -0.1) is 11.3 Å². The van der Waals surface area contributed by atoms with Crippen LogP contribution in [-0.2, 0) is 6.42 Å². The topological polar surface area (TPSA) is 88.7 Å². The summed E-state index contributed by atoms with van der Waals surface area (Å²) in [6.45, 7) is 2.78. The molecule has 0 unspecified atom stereocenters. The third kappa shape index (κ3) is 3.24. The van der Waals surface area contributed by atoms with Crippen molar-refractivity contribution in [3.63, 3.8) is 0 Å². The number of rotatable bonds is 3. The van der Waals surface area contributed by atoms with Crippen molar-refractivity contribution in [2.24, 2.45) is 5.73 Å². The van der Waals surface area contributed by atoms with Gasteiger partial charge in [-0.2, -0.15) is 0 Å². The summed E-state index contributed by atoms with van der Waals surface area (Å²) in [5.74, 6) is 0.362. The van der Waals surface area contributed by atoms with Gasteiger partial charge in [0.1, 0.15) is 11.4 Å². The number of amides is 1. The molecule has 2 aliphatic rings. The van der Waals surface area contributed by atoms with Gasteiger partial charge in [0, 0.05) is 18.0 Å². The Kier molecular flexibility index (Phi) is 4.71. The lowest BCUT2D eigenvalue weighted by Crippen LogP contribution is -2.53. The van der Waals surface area contributed by atoms with E-state index in [1.807, 2.05) is 0 Å². The molecular formula is C19H19N3O3S2. The number of thiocarbonyl (C=S) groups is 1. The average molecular weight is 402 g/mol. The third-order valence-corrected chi connectivity index (χ3v) is 6.35. The molecule has 4 rings (SSSR count). The van der Waals surface area contributed by atoms with Crippen LogP contribution in [0.25, 0.3) is 0 Å². The maximum absolute atomic E-state index is 12.2. The summed E-state index contributed by atoms with van der Waals surface area (Å²) in [6.07, 6.45) is 4.44. The zero-order chi connectivity index (χ0) is 19.1. The zero-order valence-electron chi connectivity index (χ0n) is 14.8. The van der Waals surface area contributed by atoms with E-state index >= 15 is 0 Å². The molecule has 27 heavy (non-hydrogen) atoms. The van der Waals surface area contributed by atoms with E-state index in [-0.39, 0.29) is 5.91 Å². The number of likely N-dealkylation sites (tertiary alicyclic amines) is 1. The first-order chi connectivity index (χ1) is 13.0. The smallest absolute Gasteiger partial charge is 0.272 e. The highest BCUT2D eigenvalue weighted by atomic mass is 32.1. The van der Waals surface area contributed by atoms with E-state index in [4.69, 9.17) is 22.7 Å². The van der Waals surface area contributed by atoms with E-state index < -0.39 is 6.10 Å². The summed E-state index contributed by atoms with van der Waals surface area (Å²) in [4.78, 5) is 19.9. The maximum atomic E-state index is 12.2. The van der Waals surface area contributed by atoms with Crippen molar-refractivity contribution in [1.29, 1.82) is 0 Å². The Morgan fingerprint density at radius 2 is 2.22 bits per heavy atom. The van der Waals surface area contributed by atoms with Crippen LogP contribution in [0.4, 0.5) is 0 Å². The van der Waals surface area contributed by atoms with Gasteiger partial charge >= 0.3 is 0 Å². The molecule has 0 radical (unpaired) electrons. The number of hydrogen-bond donors (Lipinski definition) is 2. The van der Waals surface area contributed by atoms with Crippen molar-refractivity contribution in [2.75, 3.05) is 13.1 Å². The van der Waals surface area contributed by atoms with E-state index in [2.05, 4.69) is 11.9 Å². The number of fused-ring (bicyclic) bond motifs is 1. The van der Waals surface area contributed by atoms with Crippen LogP contribution in [0, 0.1) is 6.92 Å². The minimum Gasteiger partial charge on any atom is -0.444 e. The average Bonchev–Trinajstić information content (AvgIpc) is 2.96. The number of aryl methyl sites for hydroxylation is 1. The summed E-state index contributed by atoms with van der Waals surface area (Å²) in [5, 5.41) is 10.1. The molecule has 2 aromatic heterocycles. The second-order valence-corrected chi connectivity index (χ2v) is 8.26. The number of β-amino-alcohol motifs (C(OH)–C–C–N with tert-alkyl or cyclic N) is 1. The molecule has 3 heterocycles. The summed E-state index contributed by atoms with van der Waals surface area (Å²) in [6, 6.07) is 3.36. The molecule has 1 aliphatic carbocycles. The number of ether oxygens (including phenoxy) is 1. The second-order valence-electron chi connectivity index (χ2n) is 6.67. The van der Waals surface area contributed by atoms with Crippen molar-refractivity contribution < 1.29 is 14.6 Å². The number of aromatic nitrogens is 1. The molecular weight excluding hydrogens is 382 g/mol. The zero-order valence-corrected chi connectivity index (χ0v) is 16.4. The van der Waals surface area contributed by atoms with Crippen molar-refractivity contribution >= 4 is 34.3 Å². The van der Waals surface area contributed by atoms with Crippen molar-refractivity contribution in [3.05, 3.63) is 51.8 Å². The molecule has 0 spiro atoms.